The van der Waals surface area contributed by atoms with Gasteiger partial charge < -0.3 is 0 Å². The first kappa shape index (κ1) is 10.9. The fraction of sp³-hybridized carbons (Fsp3) is 0.267. The molecule has 1 aromatic rings. The molecular formula is C15H16O. The zero-order valence-electron chi connectivity index (χ0n) is 9.57. The first-order chi connectivity index (χ1) is 7.77. The van der Waals surface area contributed by atoms with E-state index in [1.54, 1.807) is 0 Å². The molecule has 0 fully saturated rings. The normalized spacial score (nSPS) is 14.6. The largest absolute Gasteiger partial charge is 0.294 e. The van der Waals surface area contributed by atoms with Gasteiger partial charge in [-0.15, -0.1) is 0 Å². The van der Waals surface area contributed by atoms with Crippen LogP contribution in [-0.2, 0) is 0 Å². The van der Waals surface area contributed by atoms with Gasteiger partial charge in [0.15, 0.2) is 5.78 Å². The second kappa shape index (κ2) is 4.93. The van der Waals surface area contributed by atoms with Crippen LogP contribution in [0.5, 0.6) is 0 Å². The molecule has 0 radical (unpaired) electrons. The molecule has 0 heterocycles. The fourth-order valence-electron chi connectivity index (χ4n) is 1.99. The van der Waals surface area contributed by atoms with Crippen molar-refractivity contribution in [2.45, 2.75) is 26.2 Å². The Labute approximate surface area is 96.5 Å². The molecule has 2 rings (SSSR count). The lowest BCUT2D eigenvalue weighted by molar-refractivity contribution is 0.0982. The molecule has 1 aliphatic rings. The lowest BCUT2D eigenvalue weighted by Crippen LogP contribution is -1.99. The Morgan fingerprint density at radius 1 is 1.25 bits per heavy atom. The molecule has 0 N–H and O–H groups in total. The molecule has 0 amide bonds. The molecule has 0 saturated heterocycles. The summed E-state index contributed by atoms with van der Waals surface area (Å²) in [5.74, 6) is 0.243. The van der Waals surface area contributed by atoms with Gasteiger partial charge in [-0.1, -0.05) is 53.6 Å². The number of Topliss-reactive ketones (excluding diaryl/α,β-unsaturated/α-hetero) is 1. The van der Waals surface area contributed by atoms with Gasteiger partial charge in [-0.3, -0.25) is 4.79 Å². The van der Waals surface area contributed by atoms with Crippen LogP contribution in [-0.4, -0.2) is 5.78 Å². The highest BCUT2D eigenvalue weighted by Gasteiger charge is 2.09. The summed E-state index contributed by atoms with van der Waals surface area (Å²) < 4.78 is 0. The zero-order chi connectivity index (χ0) is 11.4. The van der Waals surface area contributed by atoms with Gasteiger partial charge in [0.1, 0.15) is 0 Å². The van der Waals surface area contributed by atoms with Crippen LogP contribution < -0.4 is 0 Å². The van der Waals surface area contributed by atoms with Gasteiger partial charge in [0, 0.05) is 12.0 Å². The van der Waals surface area contributed by atoms with Crippen LogP contribution in [0.2, 0.25) is 0 Å². The van der Waals surface area contributed by atoms with E-state index in [-0.39, 0.29) is 5.78 Å². The second-order valence-electron chi connectivity index (χ2n) is 4.18. The Morgan fingerprint density at radius 2 is 2.00 bits per heavy atom. The average Bonchev–Trinajstić information content (AvgIpc) is 2.73. The number of rotatable bonds is 4. The van der Waals surface area contributed by atoms with Crippen LogP contribution >= 0.6 is 0 Å². The molecule has 0 aliphatic heterocycles. The maximum atomic E-state index is 11.9. The number of carbonyl (C=O) groups is 1. The maximum absolute atomic E-state index is 11.9. The van der Waals surface area contributed by atoms with Gasteiger partial charge in [-0.25, -0.2) is 0 Å². The number of hydrogen-bond donors (Lipinski definition) is 0. The van der Waals surface area contributed by atoms with E-state index in [4.69, 9.17) is 0 Å². The fourth-order valence-corrected chi connectivity index (χ4v) is 1.99. The van der Waals surface area contributed by atoms with Crippen LogP contribution in [0.1, 0.15) is 36.5 Å². The van der Waals surface area contributed by atoms with Crippen molar-refractivity contribution in [2.75, 3.05) is 0 Å². The van der Waals surface area contributed by atoms with Gasteiger partial charge in [0.05, 0.1) is 0 Å². The van der Waals surface area contributed by atoms with E-state index in [9.17, 15) is 4.79 Å². The highest BCUT2D eigenvalue weighted by atomic mass is 16.1. The average molecular weight is 212 g/mol. The third-order valence-corrected chi connectivity index (χ3v) is 3.04. The van der Waals surface area contributed by atoms with Crippen molar-refractivity contribution in [1.82, 2.24) is 0 Å². The summed E-state index contributed by atoms with van der Waals surface area (Å²) in [5.41, 5.74) is 3.57. The van der Waals surface area contributed by atoms with Gasteiger partial charge in [-0.05, 0) is 19.8 Å². The summed E-state index contributed by atoms with van der Waals surface area (Å²) in [6, 6.07) is 9.53. The van der Waals surface area contributed by atoms with Crippen molar-refractivity contribution in [3.05, 3.63) is 59.2 Å². The number of carbonyl (C=O) groups excluding carboxylic acids is 1. The van der Waals surface area contributed by atoms with E-state index >= 15 is 0 Å². The third-order valence-electron chi connectivity index (χ3n) is 3.04. The number of allylic oxidation sites excluding steroid dienone is 4. The first-order valence-electron chi connectivity index (χ1n) is 5.71. The summed E-state index contributed by atoms with van der Waals surface area (Å²) >= 11 is 0. The van der Waals surface area contributed by atoms with Gasteiger partial charge >= 0.3 is 0 Å². The Morgan fingerprint density at radius 3 is 2.62 bits per heavy atom. The minimum absolute atomic E-state index is 0.243. The van der Waals surface area contributed by atoms with Crippen LogP contribution in [0.3, 0.4) is 0 Å². The summed E-state index contributed by atoms with van der Waals surface area (Å²) in [7, 11) is 0. The minimum atomic E-state index is 0.243. The number of hydrogen-bond acceptors (Lipinski definition) is 1. The van der Waals surface area contributed by atoms with E-state index in [1.165, 1.54) is 11.1 Å². The molecule has 1 aromatic carbocycles. The maximum Gasteiger partial charge on any atom is 0.163 e. The van der Waals surface area contributed by atoms with Gasteiger partial charge in [0.2, 0.25) is 0 Å². The molecule has 0 spiro atoms. The van der Waals surface area contributed by atoms with Gasteiger partial charge in [0.25, 0.3) is 0 Å². The monoisotopic (exact) mass is 212 g/mol. The Bertz CT molecular complexity index is 438. The van der Waals surface area contributed by atoms with Crippen molar-refractivity contribution < 1.29 is 4.79 Å². The van der Waals surface area contributed by atoms with Crippen LogP contribution in [0.25, 0.3) is 0 Å². The summed E-state index contributed by atoms with van der Waals surface area (Å²) in [6.07, 6.45) is 6.85. The molecular weight excluding hydrogens is 196 g/mol. The molecule has 0 atom stereocenters. The van der Waals surface area contributed by atoms with E-state index in [1.807, 2.05) is 30.3 Å². The van der Waals surface area contributed by atoms with Crippen LogP contribution in [0.15, 0.2) is 53.6 Å². The Kier molecular flexibility index (Phi) is 3.35. The molecule has 0 aromatic heterocycles. The summed E-state index contributed by atoms with van der Waals surface area (Å²) in [6.45, 7) is 2.12. The quantitative estimate of drug-likeness (QED) is 0.691. The second-order valence-corrected chi connectivity index (χ2v) is 4.18. The molecule has 0 saturated carbocycles. The molecule has 0 unspecified atom stereocenters. The SMILES string of the molecule is CC1=C(CCC(=O)c2ccccc2)CC=C1. The van der Waals surface area contributed by atoms with Crippen LogP contribution in [0.4, 0.5) is 0 Å². The Balaban J connectivity index is 1.92. The molecule has 16 heavy (non-hydrogen) atoms. The highest BCUT2D eigenvalue weighted by Crippen LogP contribution is 2.23. The van der Waals surface area contributed by atoms with Crippen molar-refractivity contribution in [1.29, 1.82) is 0 Å². The van der Waals surface area contributed by atoms with E-state index in [0.29, 0.717) is 6.42 Å². The first-order valence-corrected chi connectivity index (χ1v) is 5.71. The summed E-state index contributed by atoms with van der Waals surface area (Å²) in [4.78, 5) is 11.9. The third kappa shape index (κ3) is 2.48. The van der Waals surface area contributed by atoms with Gasteiger partial charge in [-0.2, -0.15) is 0 Å². The van der Waals surface area contributed by atoms with Crippen LogP contribution in [0, 0.1) is 0 Å². The number of benzene rings is 1. The topological polar surface area (TPSA) is 17.1 Å². The predicted molar refractivity (Wildman–Crippen MR) is 66.5 cm³/mol. The minimum Gasteiger partial charge on any atom is -0.294 e. The molecule has 1 heteroatoms. The van der Waals surface area contributed by atoms with E-state index in [2.05, 4.69) is 19.1 Å². The van der Waals surface area contributed by atoms with Crippen molar-refractivity contribution in [3.8, 4) is 0 Å². The Hall–Kier alpha value is -1.63. The van der Waals surface area contributed by atoms with Crippen molar-refractivity contribution in [2.24, 2.45) is 0 Å². The molecule has 1 aliphatic carbocycles. The van der Waals surface area contributed by atoms with E-state index < -0.39 is 0 Å². The highest BCUT2D eigenvalue weighted by molar-refractivity contribution is 5.96. The van der Waals surface area contributed by atoms with E-state index in [0.717, 1.165) is 18.4 Å². The standard InChI is InChI=1S/C15H16O/c1-12-6-5-9-13(12)10-11-15(16)14-7-3-2-4-8-14/h2-8H,9-11H2,1H3. The lowest BCUT2D eigenvalue weighted by Gasteiger charge is -2.03. The van der Waals surface area contributed by atoms with Crippen molar-refractivity contribution in [3.63, 3.8) is 0 Å². The summed E-state index contributed by atoms with van der Waals surface area (Å²) in [5, 5.41) is 0. The number of ketones is 1. The predicted octanol–water partition coefficient (Wildman–Crippen LogP) is 3.93. The lowest BCUT2D eigenvalue weighted by atomic mass is 10.0. The smallest absolute Gasteiger partial charge is 0.163 e. The zero-order valence-corrected chi connectivity index (χ0v) is 9.57. The van der Waals surface area contributed by atoms with Crippen molar-refractivity contribution >= 4 is 5.78 Å². The molecule has 0 bridgehead atoms. The molecule has 82 valence electrons. The molecule has 1 nitrogen and oxygen atoms in total.